The van der Waals surface area contributed by atoms with E-state index in [9.17, 15) is 13.2 Å². The number of rotatable bonds is 3. The van der Waals surface area contributed by atoms with E-state index < -0.39 is 6.18 Å². The van der Waals surface area contributed by atoms with Crippen molar-refractivity contribution in [2.45, 2.75) is 32.4 Å². The lowest BCUT2D eigenvalue weighted by molar-refractivity contribution is -0.0962. The van der Waals surface area contributed by atoms with Gasteiger partial charge in [-0.05, 0) is 31.2 Å². The minimum Gasteiger partial charge on any atom is -0.316 e. The molecule has 2 nitrogen and oxygen atoms in total. The lowest BCUT2D eigenvalue weighted by atomic mass is 9.83. The molecule has 0 saturated carbocycles. The molecule has 2 rings (SSSR count). The maximum atomic E-state index is 12.5. The Balaban J connectivity index is 1.92. The van der Waals surface area contributed by atoms with Crippen LogP contribution in [0.25, 0.3) is 0 Å². The summed E-state index contributed by atoms with van der Waals surface area (Å²) in [5, 5.41) is 3.36. The number of halogens is 3. The quantitative estimate of drug-likeness (QED) is 0.786. The molecule has 5 heteroatoms. The Bertz CT molecular complexity index is 317. The molecule has 0 spiro atoms. The van der Waals surface area contributed by atoms with Crippen molar-refractivity contribution in [1.82, 2.24) is 10.2 Å². The number of nitrogens with zero attached hydrogens (tertiary/aromatic N) is 1. The van der Waals surface area contributed by atoms with E-state index in [1.54, 1.807) is 0 Å². The largest absolute Gasteiger partial charge is 0.412 e. The van der Waals surface area contributed by atoms with E-state index in [1.807, 2.05) is 0 Å². The summed E-state index contributed by atoms with van der Waals surface area (Å²) in [6.07, 6.45) is -0.419. The third kappa shape index (κ3) is 3.06. The molecule has 18 heavy (non-hydrogen) atoms. The fraction of sp³-hybridized carbons (Fsp3) is 0.846. The topological polar surface area (TPSA) is 15.3 Å². The number of nitrogens with one attached hydrogen (secondary N) is 1. The Morgan fingerprint density at radius 3 is 2.67 bits per heavy atom. The molecule has 1 atom stereocenters. The second kappa shape index (κ2) is 5.21. The van der Waals surface area contributed by atoms with Crippen molar-refractivity contribution in [3.05, 3.63) is 11.6 Å². The second-order valence-corrected chi connectivity index (χ2v) is 5.49. The molecule has 0 aliphatic carbocycles. The lowest BCUT2D eigenvalue weighted by Crippen LogP contribution is -2.41. The van der Waals surface area contributed by atoms with Gasteiger partial charge in [0.1, 0.15) is 0 Å². The Labute approximate surface area is 106 Å². The first-order valence-electron chi connectivity index (χ1n) is 6.64. The van der Waals surface area contributed by atoms with Crippen LogP contribution in [0.1, 0.15) is 26.2 Å². The van der Waals surface area contributed by atoms with Gasteiger partial charge in [-0.1, -0.05) is 13.0 Å². The highest BCUT2D eigenvalue weighted by Crippen LogP contribution is 2.34. The Morgan fingerprint density at radius 2 is 2.22 bits per heavy atom. The molecule has 1 N–H and O–H groups in total. The maximum Gasteiger partial charge on any atom is 0.412 e. The van der Waals surface area contributed by atoms with Gasteiger partial charge in [0.2, 0.25) is 0 Å². The summed E-state index contributed by atoms with van der Waals surface area (Å²) in [5.74, 6) is 0. The zero-order valence-corrected chi connectivity index (χ0v) is 10.8. The van der Waals surface area contributed by atoms with Gasteiger partial charge in [-0.15, -0.1) is 0 Å². The van der Waals surface area contributed by atoms with Gasteiger partial charge in [0, 0.05) is 31.8 Å². The van der Waals surface area contributed by atoms with Crippen LogP contribution in [0.3, 0.4) is 0 Å². The molecule has 0 aromatic rings. The van der Waals surface area contributed by atoms with Crippen LogP contribution in [0, 0.1) is 5.41 Å². The Morgan fingerprint density at radius 1 is 1.44 bits per heavy atom. The molecule has 0 aromatic carbocycles. The molecule has 104 valence electrons. The molecule has 1 saturated heterocycles. The second-order valence-electron chi connectivity index (χ2n) is 5.49. The molecule has 0 aromatic heterocycles. The average molecular weight is 262 g/mol. The van der Waals surface area contributed by atoms with Crippen molar-refractivity contribution >= 4 is 0 Å². The van der Waals surface area contributed by atoms with Crippen molar-refractivity contribution in [2.75, 3.05) is 32.7 Å². The highest BCUT2D eigenvalue weighted by atomic mass is 19.4. The molecule has 0 bridgehead atoms. The summed E-state index contributed by atoms with van der Waals surface area (Å²) >= 11 is 0. The molecule has 2 aliphatic heterocycles. The summed E-state index contributed by atoms with van der Waals surface area (Å²) in [6, 6.07) is 0. The van der Waals surface area contributed by atoms with Crippen LogP contribution in [-0.4, -0.2) is 43.8 Å². The Kier molecular flexibility index (Phi) is 4.02. The molecule has 0 radical (unpaired) electrons. The maximum absolute atomic E-state index is 12.5. The predicted molar refractivity (Wildman–Crippen MR) is 65.4 cm³/mol. The molecule has 2 aliphatic rings. The zero-order valence-electron chi connectivity index (χ0n) is 10.8. The van der Waals surface area contributed by atoms with E-state index in [0.29, 0.717) is 13.1 Å². The monoisotopic (exact) mass is 262 g/mol. The summed E-state index contributed by atoms with van der Waals surface area (Å²) in [4.78, 5) is 2.16. The van der Waals surface area contributed by atoms with E-state index in [2.05, 4.69) is 17.1 Å². The van der Waals surface area contributed by atoms with Gasteiger partial charge in [0.05, 0.1) is 0 Å². The Hall–Kier alpha value is -0.550. The van der Waals surface area contributed by atoms with Crippen molar-refractivity contribution in [2.24, 2.45) is 5.41 Å². The fourth-order valence-corrected chi connectivity index (χ4v) is 2.93. The standard InChI is InChI=1S/C13H21F3N2/c1-2-12(5-6-17-9-12)10-18-7-3-11(4-8-18)13(14,15)16/h3,17H,2,4-10H2,1H3. The molecule has 1 fully saturated rings. The van der Waals surface area contributed by atoms with Gasteiger partial charge >= 0.3 is 6.18 Å². The molecule has 1 unspecified atom stereocenters. The van der Waals surface area contributed by atoms with Crippen molar-refractivity contribution < 1.29 is 13.2 Å². The van der Waals surface area contributed by atoms with Crippen LogP contribution in [0.15, 0.2) is 11.6 Å². The van der Waals surface area contributed by atoms with Crippen LogP contribution >= 0.6 is 0 Å². The average Bonchev–Trinajstić information content (AvgIpc) is 2.78. The van der Waals surface area contributed by atoms with Gasteiger partial charge in [-0.25, -0.2) is 0 Å². The van der Waals surface area contributed by atoms with Crippen LogP contribution in [-0.2, 0) is 0 Å². The third-order valence-corrected chi connectivity index (χ3v) is 4.30. The van der Waals surface area contributed by atoms with E-state index >= 15 is 0 Å². The van der Waals surface area contributed by atoms with Crippen molar-refractivity contribution in [3.8, 4) is 0 Å². The molecule has 0 amide bonds. The number of alkyl halides is 3. The highest BCUT2D eigenvalue weighted by molar-refractivity contribution is 5.13. The molecule has 2 heterocycles. The lowest BCUT2D eigenvalue weighted by Gasteiger charge is -2.36. The zero-order chi connectivity index (χ0) is 13.2. The van der Waals surface area contributed by atoms with E-state index in [4.69, 9.17) is 0 Å². The minimum absolute atomic E-state index is 0.136. The SMILES string of the molecule is CCC1(CN2CC=C(C(F)(F)F)CC2)CCNC1. The van der Waals surface area contributed by atoms with Crippen LogP contribution in [0.5, 0.6) is 0 Å². The number of hydrogen-bond acceptors (Lipinski definition) is 2. The smallest absolute Gasteiger partial charge is 0.316 e. The normalized spacial score (nSPS) is 30.6. The van der Waals surface area contributed by atoms with Gasteiger partial charge < -0.3 is 5.32 Å². The fourth-order valence-electron chi connectivity index (χ4n) is 2.93. The minimum atomic E-state index is -4.14. The third-order valence-electron chi connectivity index (χ3n) is 4.30. The van der Waals surface area contributed by atoms with Crippen molar-refractivity contribution in [3.63, 3.8) is 0 Å². The number of hydrogen-bond donors (Lipinski definition) is 1. The van der Waals surface area contributed by atoms with Gasteiger partial charge in [0.15, 0.2) is 0 Å². The van der Waals surface area contributed by atoms with Crippen LogP contribution < -0.4 is 5.32 Å². The highest BCUT2D eigenvalue weighted by Gasteiger charge is 2.37. The van der Waals surface area contributed by atoms with Crippen LogP contribution in [0.4, 0.5) is 13.2 Å². The summed E-state index contributed by atoms with van der Waals surface area (Å²) in [6.45, 7) is 6.09. The van der Waals surface area contributed by atoms with Gasteiger partial charge in [-0.2, -0.15) is 13.2 Å². The van der Waals surface area contributed by atoms with Gasteiger partial charge in [0.25, 0.3) is 0 Å². The van der Waals surface area contributed by atoms with Crippen LogP contribution in [0.2, 0.25) is 0 Å². The summed E-state index contributed by atoms with van der Waals surface area (Å²) in [5.41, 5.74) is -0.0855. The summed E-state index contributed by atoms with van der Waals surface area (Å²) in [7, 11) is 0. The molecular weight excluding hydrogens is 241 g/mol. The van der Waals surface area contributed by atoms with Crippen molar-refractivity contribution in [1.29, 1.82) is 0 Å². The van der Waals surface area contributed by atoms with E-state index in [1.165, 1.54) is 6.08 Å². The first-order chi connectivity index (χ1) is 8.45. The molecular formula is C13H21F3N2. The van der Waals surface area contributed by atoms with E-state index in [-0.39, 0.29) is 17.4 Å². The first-order valence-corrected chi connectivity index (χ1v) is 6.64. The first kappa shape index (κ1) is 13.9. The van der Waals surface area contributed by atoms with Gasteiger partial charge in [-0.3, -0.25) is 4.90 Å². The predicted octanol–water partition coefficient (Wildman–Crippen LogP) is 2.57. The summed E-state index contributed by atoms with van der Waals surface area (Å²) < 4.78 is 37.6. The van der Waals surface area contributed by atoms with E-state index in [0.717, 1.165) is 32.5 Å².